The summed E-state index contributed by atoms with van der Waals surface area (Å²) in [5, 5.41) is 1.24. The Balaban J connectivity index is 1.40. The Hall–Kier alpha value is -1.39. The van der Waals surface area contributed by atoms with E-state index in [2.05, 4.69) is 33.2 Å². The number of pyridine rings is 1. The average Bonchev–Trinajstić information content (AvgIpc) is 2.87. The first-order valence-electron chi connectivity index (χ1n) is 8.65. The molecule has 4 rings (SSSR count). The number of aromatic nitrogens is 2. The predicted octanol–water partition coefficient (Wildman–Crippen LogP) is 3.31. The SMILES string of the molecule is c1cc2cc([C@H]3CC[C@H](N4CCCOCC4)CC3)cnc2[nH]1. The number of aromatic amines is 1. The molecule has 0 aromatic carbocycles. The Bertz CT molecular complexity index is 608. The van der Waals surface area contributed by atoms with Crippen LogP contribution in [0.15, 0.2) is 24.5 Å². The summed E-state index contributed by atoms with van der Waals surface area (Å²) in [5.74, 6) is 0.686. The fourth-order valence-electron chi connectivity index (χ4n) is 4.08. The minimum atomic E-state index is 0.686. The maximum absolute atomic E-state index is 5.59. The summed E-state index contributed by atoms with van der Waals surface area (Å²) < 4.78 is 5.59. The summed E-state index contributed by atoms with van der Waals surface area (Å²) in [7, 11) is 0. The minimum Gasteiger partial charge on any atom is -0.380 e. The van der Waals surface area contributed by atoms with Crippen molar-refractivity contribution in [3.63, 3.8) is 0 Å². The van der Waals surface area contributed by atoms with Gasteiger partial charge in [-0.2, -0.15) is 0 Å². The summed E-state index contributed by atoms with van der Waals surface area (Å²) in [4.78, 5) is 10.4. The predicted molar refractivity (Wildman–Crippen MR) is 88.1 cm³/mol. The zero-order valence-electron chi connectivity index (χ0n) is 13.1. The third-order valence-corrected chi connectivity index (χ3v) is 5.36. The Morgan fingerprint density at radius 1 is 1.14 bits per heavy atom. The topological polar surface area (TPSA) is 41.1 Å². The van der Waals surface area contributed by atoms with Gasteiger partial charge in [0.25, 0.3) is 0 Å². The highest BCUT2D eigenvalue weighted by atomic mass is 16.5. The van der Waals surface area contributed by atoms with Crippen LogP contribution in [0.4, 0.5) is 0 Å². The van der Waals surface area contributed by atoms with E-state index in [1.165, 1.54) is 49.6 Å². The molecule has 118 valence electrons. The van der Waals surface area contributed by atoms with Crippen molar-refractivity contribution in [2.24, 2.45) is 0 Å². The standard InChI is InChI=1S/C18H25N3O/c1-8-21(9-11-22-10-1)17-4-2-14(3-5-17)16-12-15-6-7-19-18(15)20-13-16/h6-7,12-14,17H,1-5,8-11H2,(H,19,20)/t14-,17-. The van der Waals surface area contributed by atoms with Crippen LogP contribution < -0.4 is 0 Å². The van der Waals surface area contributed by atoms with E-state index in [-0.39, 0.29) is 0 Å². The van der Waals surface area contributed by atoms with E-state index >= 15 is 0 Å². The highest BCUT2D eigenvalue weighted by molar-refractivity contribution is 5.75. The lowest BCUT2D eigenvalue weighted by atomic mass is 9.81. The van der Waals surface area contributed by atoms with Crippen LogP contribution in [-0.2, 0) is 4.74 Å². The molecule has 2 fully saturated rings. The van der Waals surface area contributed by atoms with Crippen molar-refractivity contribution < 1.29 is 4.74 Å². The van der Waals surface area contributed by atoms with Gasteiger partial charge in [0.1, 0.15) is 5.65 Å². The van der Waals surface area contributed by atoms with E-state index in [4.69, 9.17) is 4.74 Å². The van der Waals surface area contributed by atoms with Gasteiger partial charge in [-0.1, -0.05) is 0 Å². The Kier molecular flexibility index (Phi) is 4.13. The fourth-order valence-corrected chi connectivity index (χ4v) is 4.08. The van der Waals surface area contributed by atoms with Crippen LogP contribution in [0, 0.1) is 0 Å². The molecule has 4 heteroatoms. The fraction of sp³-hybridized carbons (Fsp3) is 0.611. The van der Waals surface area contributed by atoms with Crippen LogP contribution in [-0.4, -0.2) is 47.2 Å². The zero-order valence-corrected chi connectivity index (χ0v) is 13.1. The van der Waals surface area contributed by atoms with Crippen LogP contribution >= 0.6 is 0 Å². The third-order valence-electron chi connectivity index (χ3n) is 5.36. The van der Waals surface area contributed by atoms with Gasteiger partial charge in [-0.25, -0.2) is 4.98 Å². The molecule has 4 nitrogen and oxygen atoms in total. The maximum atomic E-state index is 5.59. The van der Waals surface area contributed by atoms with Crippen molar-refractivity contribution in [3.8, 4) is 0 Å². The van der Waals surface area contributed by atoms with Crippen LogP contribution in [0.5, 0.6) is 0 Å². The number of hydrogen-bond acceptors (Lipinski definition) is 3. The van der Waals surface area contributed by atoms with Crippen molar-refractivity contribution >= 4 is 11.0 Å². The normalized spacial score (nSPS) is 27.8. The van der Waals surface area contributed by atoms with Gasteiger partial charge in [0.15, 0.2) is 0 Å². The van der Waals surface area contributed by atoms with Gasteiger partial charge in [0, 0.05) is 43.5 Å². The number of fused-ring (bicyclic) bond motifs is 1. The second-order valence-electron chi connectivity index (χ2n) is 6.69. The Labute approximate surface area is 131 Å². The molecule has 2 aromatic heterocycles. The first-order chi connectivity index (χ1) is 10.9. The summed E-state index contributed by atoms with van der Waals surface area (Å²) in [6.07, 6.45) is 10.4. The Morgan fingerprint density at radius 3 is 2.95 bits per heavy atom. The first-order valence-corrected chi connectivity index (χ1v) is 8.65. The highest BCUT2D eigenvalue weighted by Gasteiger charge is 2.27. The molecule has 1 saturated heterocycles. The van der Waals surface area contributed by atoms with E-state index < -0.39 is 0 Å². The molecule has 0 radical (unpaired) electrons. The summed E-state index contributed by atoms with van der Waals surface area (Å²) in [6, 6.07) is 5.21. The maximum Gasteiger partial charge on any atom is 0.137 e. The summed E-state index contributed by atoms with van der Waals surface area (Å²) in [5.41, 5.74) is 2.42. The largest absolute Gasteiger partial charge is 0.380 e. The van der Waals surface area contributed by atoms with Gasteiger partial charge in [-0.15, -0.1) is 0 Å². The number of nitrogens with zero attached hydrogens (tertiary/aromatic N) is 2. The monoisotopic (exact) mass is 299 g/mol. The van der Waals surface area contributed by atoms with Gasteiger partial charge in [0.05, 0.1) is 6.61 Å². The van der Waals surface area contributed by atoms with E-state index in [0.717, 1.165) is 31.4 Å². The highest BCUT2D eigenvalue weighted by Crippen LogP contribution is 2.35. The third kappa shape index (κ3) is 2.90. The quantitative estimate of drug-likeness (QED) is 0.925. The van der Waals surface area contributed by atoms with Crippen molar-refractivity contribution in [3.05, 3.63) is 30.1 Å². The molecule has 0 atom stereocenters. The van der Waals surface area contributed by atoms with Gasteiger partial charge >= 0.3 is 0 Å². The molecule has 1 N–H and O–H groups in total. The van der Waals surface area contributed by atoms with E-state index in [9.17, 15) is 0 Å². The van der Waals surface area contributed by atoms with E-state index in [0.29, 0.717) is 5.92 Å². The number of rotatable bonds is 2. The van der Waals surface area contributed by atoms with E-state index in [1.807, 2.05) is 6.20 Å². The smallest absolute Gasteiger partial charge is 0.137 e. The molecule has 0 spiro atoms. The minimum absolute atomic E-state index is 0.686. The second kappa shape index (κ2) is 6.39. The van der Waals surface area contributed by atoms with Gasteiger partial charge < -0.3 is 9.72 Å². The molecule has 22 heavy (non-hydrogen) atoms. The lowest BCUT2D eigenvalue weighted by molar-refractivity contribution is 0.118. The number of ether oxygens (including phenoxy) is 1. The van der Waals surface area contributed by atoms with Crippen molar-refractivity contribution in [1.29, 1.82) is 0 Å². The Morgan fingerprint density at radius 2 is 2.05 bits per heavy atom. The molecule has 1 saturated carbocycles. The number of nitrogens with one attached hydrogen (secondary N) is 1. The lowest BCUT2D eigenvalue weighted by Crippen LogP contribution is -2.39. The summed E-state index contributed by atoms with van der Waals surface area (Å²) in [6.45, 7) is 4.18. The van der Waals surface area contributed by atoms with Gasteiger partial charge in [0.2, 0.25) is 0 Å². The molecule has 0 bridgehead atoms. The molecule has 1 aliphatic carbocycles. The van der Waals surface area contributed by atoms with Crippen molar-refractivity contribution in [2.75, 3.05) is 26.3 Å². The van der Waals surface area contributed by atoms with E-state index in [1.54, 1.807) is 0 Å². The molecule has 3 heterocycles. The van der Waals surface area contributed by atoms with Gasteiger partial charge in [-0.05, 0) is 55.7 Å². The lowest BCUT2D eigenvalue weighted by Gasteiger charge is -2.36. The zero-order chi connectivity index (χ0) is 14.8. The van der Waals surface area contributed by atoms with Crippen LogP contribution in [0.1, 0.15) is 43.6 Å². The molecule has 2 aromatic rings. The molecule has 0 amide bonds. The van der Waals surface area contributed by atoms with Crippen LogP contribution in [0.3, 0.4) is 0 Å². The second-order valence-corrected chi connectivity index (χ2v) is 6.69. The molecule has 1 aliphatic heterocycles. The molecular weight excluding hydrogens is 274 g/mol. The van der Waals surface area contributed by atoms with Crippen molar-refractivity contribution in [2.45, 2.75) is 44.1 Å². The number of hydrogen-bond donors (Lipinski definition) is 1. The number of H-pyrrole nitrogens is 1. The molecule has 2 aliphatic rings. The van der Waals surface area contributed by atoms with Crippen LogP contribution in [0.25, 0.3) is 11.0 Å². The van der Waals surface area contributed by atoms with Crippen molar-refractivity contribution in [1.82, 2.24) is 14.9 Å². The van der Waals surface area contributed by atoms with Gasteiger partial charge in [-0.3, -0.25) is 4.90 Å². The molecule has 0 unspecified atom stereocenters. The molecular formula is C18H25N3O. The summed E-state index contributed by atoms with van der Waals surface area (Å²) >= 11 is 0. The average molecular weight is 299 g/mol. The first kappa shape index (κ1) is 14.2. The van der Waals surface area contributed by atoms with Crippen LogP contribution in [0.2, 0.25) is 0 Å².